The molecule has 0 fully saturated rings. The van der Waals surface area contributed by atoms with Gasteiger partial charge >= 0.3 is 5.69 Å². The highest BCUT2D eigenvalue weighted by Crippen LogP contribution is 2.28. The fraction of sp³-hybridized carbons (Fsp3) is 0.158. The maximum absolute atomic E-state index is 12.5. The number of fused-ring (bicyclic) bond motifs is 1. The number of hydrogen-bond donors (Lipinski definition) is 3. The molecule has 0 aliphatic carbocycles. The van der Waals surface area contributed by atoms with E-state index in [1.807, 2.05) is 31.2 Å². The molecule has 9 heteroatoms. The topological polar surface area (TPSA) is 117 Å². The van der Waals surface area contributed by atoms with Crippen LogP contribution in [0.15, 0.2) is 56.9 Å². The second kappa shape index (κ2) is 7.35. The Hall–Kier alpha value is -3.33. The summed E-state index contributed by atoms with van der Waals surface area (Å²) in [4.78, 5) is 29.1. The molecule has 8 nitrogen and oxygen atoms in total. The van der Waals surface area contributed by atoms with E-state index in [1.54, 1.807) is 25.1 Å². The molecule has 1 amide bonds. The smallest absolute Gasteiger partial charge is 0.323 e. The number of thioether (sulfide) groups is 1. The summed E-state index contributed by atoms with van der Waals surface area (Å²) in [6, 6.07) is 12.9. The highest BCUT2D eigenvalue weighted by molar-refractivity contribution is 8.00. The van der Waals surface area contributed by atoms with Crippen molar-refractivity contribution in [1.29, 1.82) is 0 Å². The molecule has 2 aromatic heterocycles. The third kappa shape index (κ3) is 3.70. The standard InChI is InChI=1S/C19H17N5O3S/c1-10-5-3-4-6-13(10)17-23-24-19(27-17)28-11(2)16(25)20-12-7-8-14-15(9-12)22-18(26)21-14/h3-9,11H,1-2H3,(H,20,25)(H2,21,22,26)/t11-/m0/s1. The minimum Gasteiger partial charge on any atom is -0.411 e. The molecule has 28 heavy (non-hydrogen) atoms. The van der Waals surface area contributed by atoms with Gasteiger partial charge in [-0.3, -0.25) is 4.79 Å². The van der Waals surface area contributed by atoms with Crippen LogP contribution in [-0.4, -0.2) is 31.3 Å². The first-order valence-corrected chi connectivity index (χ1v) is 9.46. The third-order valence-corrected chi connectivity index (χ3v) is 5.15. The van der Waals surface area contributed by atoms with Crippen LogP contribution in [0.3, 0.4) is 0 Å². The Balaban J connectivity index is 1.44. The second-order valence-electron chi connectivity index (χ2n) is 6.28. The maximum Gasteiger partial charge on any atom is 0.323 e. The Morgan fingerprint density at radius 1 is 1.14 bits per heavy atom. The lowest BCUT2D eigenvalue weighted by atomic mass is 10.1. The summed E-state index contributed by atoms with van der Waals surface area (Å²) in [6.07, 6.45) is 0. The number of aryl methyl sites for hydroxylation is 1. The lowest BCUT2D eigenvalue weighted by molar-refractivity contribution is -0.115. The minimum absolute atomic E-state index is 0.210. The summed E-state index contributed by atoms with van der Waals surface area (Å²) in [5.74, 6) is 0.216. The van der Waals surface area contributed by atoms with Crippen LogP contribution >= 0.6 is 11.8 Å². The third-order valence-electron chi connectivity index (χ3n) is 4.21. The van der Waals surface area contributed by atoms with Crippen molar-refractivity contribution in [3.05, 3.63) is 58.5 Å². The zero-order valence-electron chi connectivity index (χ0n) is 15.1. The molecule has 0 radical (unpaired) electrons. The number of aromatic nitrogens is 4. The van der Waals surface area contributed by atoms with Crippen LogP contribution in [0.5, 0.6) is 0 Å². The first-order valence-electron chi connectivity index (χ1n) is 8.58. The highest BCUT2D eigenvalue weighted by atomic mass is 32.2. The van der Waals surface area contributed by atoms with Gasteiger partial charge in [0.15, 0.2) is 0 Å². The summed E-state index contributed by atoms with van der Waals surface area (Å²) < 4.78 is 5.70. The minimum atomic E-state index is -0.453. The monoisotopic (exact) mass is 395 g/mol. The number of carbonyl (C=O) groups is 1. The Morgan fingerprint density at radius 3 is 2.75 bits per heavy atom. The van der Waals surface area contributed by atoms with E-state index in [-0.39, 0.29) is 11.6 Å². The number of aromatic amines is 2. The van der Waals surface area contributed by atoms with Crippen molar-refractivity contribution in [2.45, 2.75) is 24.3 Å². The number of imidazole rings is 1. The zero-order valence-corrected chi connectivity index (χ0v) is 16.0. The summed E-state index contributed by atoms with van der Waals surface area (Å²) in [7, 11) is 0. The number of anilines is 1. The van der Waals surface area contributed by atoms with E-state index in [9.17, 15) is 9.59 Å². The molecular weight excluding hydrogens is 378 g/mol. The van der Waals surface area contributed by atoms with Gasteiger partial charge in [0.25, 0.3) is 5.22 Å². The van der Waals surface area contributed by atoms with Crippen LogP contribution in [0.25, 0.3) is 22.5 Å². The van der Waals surface area contributed by atoms with E-state index in [0.29, 0.717) is 27.8 Å². The molecule has 0 saturated carbocycles. The van der Waals surface area contributed by atoms with Gasteiger partial charge in [-0.15, -0.1) is 10.2 Å². The van der Waals surface area contributed by atoms with Gasteiger partial charge in [0.2, 0.25) is 11.8 Å². The molecule has 142 valence electrons. The predicted octanol–water partition coefficient (Wildman–Crippen LogP) is 3.33. The van der Waals surface area contributed by atoms with Crippen LogP contribution < -0.4 is 11.0 Å². The van der Waals surface area contributed by atoms with Crippen molar-refractivity contribution in [3.8, 4) is 11.5 Å². The Morgan fingerprint density at radius 2 is 1.93 bits per heavy atom. The predicted molar refractivity (Wildman–Crippen MR) is 107 cm³/mol. The average molecular weight is 395 g/mol. The summed E-state index contributed by atoms with van der Waals surface area (Å²) in [5, 5.41) is 10.8. The number of carbonyl (C=O) groups excluding carboxylic acids is 1. The highest BCUT2D eigenvalue weighted by Gasteiger charge is 2.19. The molecular formula is C19H17N5O3S. The van der Waals surface area contributed by atoms with Crippen LogP contribution in [0.4, 0.5) is 5.69 Å². The Kier molecular flexibility index (Phi) is 4.74. The van der Waals surface area contributed by atoms with Gasteiger partial charge in [0.1, 0.15) is 0 Å². The van der Waals surface area contributed by atoms with E-state index in [0.717, 1.165) is 11.1 Å². The SMILES string of the molecule is Cc1ccccc1-c1nnc(S[C@@H](C)C(=O)Nc2ccc3[nH]c(=O)[nH]c3c2)o1. The van der Waals surface area contributed by atoms with Crippen molar-refractivity contribution in [3.63, 3.8) is 0 Å². The molecule has 0 aliphatic rings. The van der Waals surface area contributed by atoms with E-state index in [4.69, 9.17) is 4.42 Å². The Bertz CT molecular complexity index is 1210. The van der Waals surface area contributed by atoms with Gasteiger partial charge in [-0.2, -0.15) is 0 Å². The largest absolute Gasteiger partial charge is 0.411 e. The van der Waals surface area contributed by atoms with Crippen LogP contribution in [0.1, 0.15) is 12.5 Å². The number of hydrogen-bond acceptors (Lipinski definition) is 6. The van der Waals surface area contributed by atoms with Crippen molar-refractivity contribution in [1.82, 2.24) is 20.2 Å². The van der Waals surface area contributed by atoms with Crippen molar-refractivity contribution in [2.24, 2.45) is 0 Å². The molecule has 1 atom stereocenters. The number of rotatable bonds is 5. The molecule has 0 spiro atoms. The second-order valence-corrected chi connectivity index (χ2v) is 7.57. The molecule has 2 heterocycles. The van der Waals surface area contributed by atoms with Gasteiger partial charge in [-0.25, -0.2) is 4.79 Å². The quantitative estimate of drug-likeness (QED) is 0.446. The molecule has 3 N–H and O–H groups in total. The van der Waals surface area contributed by atoms with Crippen molar-refractivity contribution >= 4 is 34.4 Å². The van der Waals surface area contributed by atoms with Crippen molar-refractivity contribution < 1.29 is 9.21 Å². The van der Waals surface area contributed by atoms with E-state index >= 15 is 0 Å². The van der Waals surface area contributed by atoms with E-state index in [2.05, 4.69) is 25.5 Å². The average Bonchev–Trinajstić information content (AvgIpc) is 3.27. The van der Waals surface area contributed by atoms with Gasteiger partial charge in [-0.05, 0) is 43.7 Å². The molecule has 0 bridgehead atoms. The first-order chi connectivity index (χ1) is 13.5. The van der Waals surface area contributed by atoms with Crippen LogP contribution in [0, 0.1) is 6.92 Å². The maximum atomic E-state index is 12.5. The van der Waals surface area contributed by atoms with E-state index in [1.165, 1.54) is 11.8 Å². The van der Waals surface area contributed by atoms with E-state index < -0.39 is 5.25 Å². The van der Waals surface area contributed by atoms with Crippen molar-refractivity contribution in [2.75, 3.05) is 5.32 Å². The summed E-state index contributed by atoms with van der Waals surface area (Å²) >= 11 is 1.18. The molecule has 0 aliphatic heterocycles. The molecule has 4 aromatic rings. The number of nitrogens with zero attached hydrogens (tertiary/aromatic N) is 2. The molecule has 2 aromatic carbocycles. The van der Waals surface area contributed by atoms with Gasteiger partial charge in [-0.1, -0.05) is 30.0 Å². The first kappa shape index (κ1) is 18.1. The lowest BCUT2D eigenvalue weighted by Gasteiger charge is -2.09. The number of amides is 1. The van der Waals surface area contributed by atoms with Gasteiger partial charge < -0.3 is 19.7 Å². The van der Waals surface area contributed by atoms with Crippen LogP contribution in [0.2, 0.25) is 0 Å². The normalized spacial score (nSPS) is 12.2. The number of benzene rings is 2. The summed E-state index contributed by atoms with van der Waals surface area (Å²) in [5.41, 5.74) is 3.51. The van der Waals surface area contributed by atoms with Gasteiger partial charge in [0, 0.05) is 11.3 Å². The number of nitrogens with one attached hydrogen (secondary N) is 3. The molecule has 0 saturated heterocycles. The molecule has 4 rings (SSSR count). The van der Waals surface area contributed by atoms with Gasteiger partial charge in [0.05, 0.1) is 16.3 Å². The Labute approximate surface area is 163 Å². The molecule has 0 unspecified atom stereocenters. The fourth-order valence-electron chi connectivity index (χ4n) is 2.74. The summed E-state index contributed by atoms with van der Waals surface area (Å²) in [6.45, 7) is 3.73. The zero-order chi connectivity index (χ0) is 19.7. The number of H-pyrrole nitrogens is 2. The lowest BCUT2D eigenvalue weighted by Crippen LogP contribution is -2.22. The fourth-order valence-corrected chi connectivity index (χ4v) is 3.42. The van der Waals surface area contributed by atoms with Crippen LogP contribution in [-0.2, 0) is 4.79 Å².